The zero-order valence-corrected chi connectivity index (χ0v) is 14.6. The summed E-state index contributed by atoms with van der Waals surface area (Å²) in [6.45, 7) is 0.341. The summed E-state index contributed by atoms with van der Waals surface area (Å²) < 4.78 is 24.0. The van der Waals surface area contributed by atoms with Crippen molar-refractivity contribution in [1.82, 2.24) is 0 Å². The number of Topliss-reactive ketones (excluding diaryl/α,β-unsaturated/α-hetero) is 1. The Bertz CT molecular complexity index is 967. The van der Waals surface area contributed by atoms with Crippen LogP contribution in [0.1, 0.15) is 15.9 Å². The van der Waals surface area contributed by atoms with Crippen LogP contribution in [0, 0.1) is 5.82 Å². The standard InChI is InChI=1S/C22H17FO4/c1-26-22(25)21(24)19-11-10-18(27-14-15-6-3-2-4-7-15)13-20(19)16-8-5-9-17(23)12-16/h2-13H,14H2,1H3. The second kappa shape index (κ2) is 8.27. The number of carbonyl (C=O) groups is 2. The number of ketones is 1. The van der Waals surface area contributed by atoms with Gasteiger partial charge in [0.15, 0.2) is 0 Å². The van der Waals surface area contributed by atoms with E-state index in [4.69, 9.17) is 4.74 Å². The zero-order chi connectivity index (χ0) is 19.2. The summed E-state index contributed by atoms with van der Waals surface area (Å²) in [6, 6.07) is 20.1. The number of methoxy groups -OCH3 is 1. The lowest BCUT2D eigenvalue weighted by Gasteiger charge is -2.12. The van der Waals surface area contributed by atoms with Gasteiger partial charge in [-0.2, -0.15) is 0 Å². The van der Waals surface area contributed by atoms with Gasteiger partial charge in [-0.1, -0.05) is 42.5 Å². The van der Waals surface area contributed by atoms with Crippen molar-refractivity contribution in [2.24, 2.45) is 0 Å². The van der Waals surface area contributed by atoms with E-state index in [-0.39, 0.29) is 5.56 Å². The summed E-state index contributed by atoms with van der Waals surface area (Å²) in [5.41, 5.74) is 1.97. The van der Waals surface area contributed by atoms with Crippen molar-refractivity contribution < 1.29 is 23.5 Å². The molecule has 27 heavy (non-hydrogen) atoms. The normalized spacial score (nSPS) is 10.3. The van der Waals surface area contributed by atoms with E-state index >= 15 is 0 Å². The lowest BCUT2D eigenvalue weighted by molar-refractivity contribution is -0.135. The first kappa shape index (κ1) is 18.3. The molecule has 0 saturated heterocycles. The van der Waals surface area contributed by atoms with Crippen molar-refractivity contribution in [2.75, 3.05) is 7.11 Å². The number of hydrogen-bond acceptors (Lipinski definition) is 4. The molecule has 0 atom stereocenters. The molecule has 0 aliphatic rings. The summed E-state index contributed by atoms with van der Waals surface area (Å²) in [7, 11) is 1.14. The van der Waals surface area contributed by atoms with E-state index < -0.39 is 17.6 Å². The third kappa shape index (κ3) is 4.39. The fourth-order valence-electron chi connectivity index (χ4n) is 2.65. The van der Waals surface area contributed by atoms with E-state index in [1.165, 1.54) is 24.3 Å². The number of esters is 1. The zero-order valence-electron chi connectivity index (χ0n) is 14.6. The third-order valence-corrected chi connectivity index (χ3v) is 3.99. The van der Waals surface area contributed by atoms with E-state index in [2.05, 4.69) is 4.74 Å². The molecule has 4 nitrogen and oxygen atoms in total. The van der Waals surface area contributed by atoms with E-state index in [1.54, 1.807) is 18.2 Å². The maximum atomic E-state index is 13.7. The van der Waals surface area contributed by atoms with Gasteiger partial charge in [0.05, 0.1) is 7.11 Å². The molecule has 0 fully saturated rings. The number of hydrogen-bond donors (Lipinski definition) is 0. The van der Waals surface area contributed by atoms with Crippen molar-refractivity contribution >= 4 is 11.8 Å². The van der Waals surface area contributed by atoms with Crippen molar-refractivity contribution in [3.63, 3.8) is 0 Å². The van der Waals surface area contributed by atoms with Gasteiger partial charge in [-0.25, -0.2) is 9.18 Å². The molecule has 0 aliphatic carbocycles. The Morgan fingerprint density at radius 3 is 2.41 bits per heavy atom. The topological polar surface area (TPSA) is 52.6 Å². The number of rotatable bonds is 6. The summed E-state index contributed by atoms with van der Waals surface area (Å²) in [5.74, 6) is -1.73. The van der Waals surface area contributed by atoms with Gasteiger partial charge in [0.2, 0.25) is 0 Å². The van der Waals surface area contributed by atoms with E-state index in [0.29, 0.717) is 23.5 Å². The van der Waals surface area contributed by atoms with Gasteiger partial charge in [0.1, 0.15) is 18.2 Å². The smallest absolute Gasteiger partial charge is 0.379 e. The van der Waals surface area contributed by atoms with Crippen LogP contribution in [0.3, 0.4) is 0 Å². The summed E-state index contributed by atoms with van der Waals surface area (Å²) >= 11 is 0. The van der Waals surface area contributed by atoms with Crippen LogP contribution in [0.15, 0.2) is 72.8 Å². The molecule has 0 unspecified atom stereocenters. The quantitative estimate of drug-likeness (QED) is 0.369. The Morgan fingerprint density at radius 2 is 1.70 bits per heavy atom. The minimum Gasteiger partial charge on any atom is -0.489 e. The largest absolute Gasteiger partial charge is 0.489 e. The molecule has 0 heterocycles. The number of carbonyl (C=O) groups excluding carboxylic acids is 2. The molecule has 0 N–H and O–H groups in total. The van der Waals surface area contributed by atoms with Gasteiger partial charge < -0.3 is 9.47 Å². The van der Waals surface area contributed by atoms with E-state index in [0.717, 1.165) is 12.7 Å². The fourth-order valence-corrected chi connectivity index (χ4v) is 2.65. The molecule has 0 amide bonds. The molecule has 0 aromatic heterocycles. The van der Waals surface area contributed by atoms with Gasteiger partial charge in [0, 0.05) is 5.56 Å². The lowest BCUT2D eigenvalue weighted by atomic mass is 9.96. The van der Waals surface area contributed by atoms with Crippen LogP contribution in [0.5, 0.6) is 5.75 Å². The summed E-state index contributed by atoms with van der Waals surface area (Å²) in [4.78, 5) is 24.0. The number of benzene rings is 3. The predicted molar refractivity (Wildman–Crippen MR) is 99.0 cm³/mol. The Balaban J connectivity index is 1.97. The predicted octanol–water partition coefficient (Wildman–Crippen LogP) is 4.43. The second-order valence-corrected chi connectivity index (χ2v) is 5.81. The van der Waals surface area contributed by atoms with Crippen LogP contribution in [0.25, 0.3) is 11.1 Å². The molecule has 136 valence electrons. The molecular formula is C22H17FO4. The van der Waals surface area contributed by atoms with Gasteiger partial charge in [-0.05, 0) is 47.0 Å². The fraction of sp³-hybridized carbons (Fsp3) is 0.0909. The molecular weight excluding hydrogens is 347 g/mol. The monoisotopic (exact) mass is 364 g/mol. The minimum absolute atomic E-state index is 0.125. The van der Waals surface area contributed by atoms with Crippen molar-refractivity contribution in [1.29, 1.82) is 0 Å². The molecule has 3 aromatic rings. The van der Waals surface area contributed by atoms with Crippen LogP contribution in [0.4, 0.5) is 4.39 Å². The molecule has 0 aliphatic heterocycles. The molecule has 0 saturated carbocycles. The summed E-state index contributed by atoms with van der Waals surface area (Å²) in [5, 5.41) is 0. The molecule has 0 radical (unpaired) electrons. The molecule has 0 spiro atoms. The van der Waals surface area contributed by atoms with Crippen LogP contribution < -0.4 is 4.74 Å². The van der Waals surface area contributed by atoms with Crippen LogP contribution in [0.2, 0.25) is 0 Å². The first-order valence-corrected chi connectivity index (χ1v) is 8.28. The van der Waals surface area contributed by atoms with E-state index in [9.17, 15) is 14.0 Å². The molecule has 0 bridgehead atoms. The maximum absolute atomic E-state index is 13.7. The Labute approximate surface area is 156 Å². The molecule has 5 heteroatoms. The number of ether oxygens (including phenoxy) is 2. The van der Waals surface area contributed by atoms with Crippen molar-refractivity contribution in [3.8, 4) is 16.9 Å². The van der Waals surface area contributed by atoms with Gasteiger partial charge in [0.25, 0.3) is 5.78 Å². The van der Waals surface area contributed by atoms with Crippen LogP contribution >= 0.6 is 0 Å². The highest BCUT2D eigenvalue weighted by molar-refractivity contribution is 6.41. The average Bonchev–Trinajstić information content (AvgIpc) is 2.71. The minimum atomic E-state index is -0.981. The molecule has 3 rings (SSSR count). The van der Waals surface area contributed by atoms with Crippen molar-refractivity contribution in [3.05, 3.63) is 89.7 Å². The molecule has 3 aromatic carbocycles. The average molecular weight is 364 g/mol. The van der Waals surface area contributed by atoms with Crippen molar-refractivity contribution in [2.45, 2.75) is 6.61 Å². The Kier molecular flexibility index (Phi) is 5.61. The Morgan fingerprint density at radius 1 is 0.926 bits per heavy atom. The van der Waals surface area contributed by atoms with E-state index in [1.807, 2.05) is 30.3 Å². The van der Waals surface area contributed by atoms with Crippen LogP contribution in [-0.4, -0.2) is 18.9 Å². The Hall–Kier alpha value is -3.47. The third-order valence-electron chi connectivity index (χ3n) is 3.99. The maximum Gasteiger partial charge on any atom is 0.379 e. The lowest BCUT2D eigenvalue weighted by Crippen LogP contribution is -2.16. The SMILES string of the molecule is COC(=O)C(=O)c1ccc(OCc2ccccc2)cc1-c1cccc(F)c1. The van der Waals surface area contributed by atoms with Gasteiger partial charge >= 0.3 is 5.97 Å². The highest BCUT2D eigenvalue weighted by Crippen LogP contribution is 2.29. The highest BCUT2D eigenvalue weighted by Gasteiger charge is 2.21. The summed E-state index contributed by atoms with van der Waals surface area (Å²) in [6.07, 6.45) is 0. The van der Waals surface area contributed by atoms with Crippen LogP contribution in [-0.2, 0) is 16.1 Å². The van der Waals surface area contributed by atoms with Gasteiger partial charge in [-0.3, -0.25) is 4.79 Å². The highest BCUT2D eigenvalue weighted by atomic mass is 19.1. The first-order chi connectivity index (χ1) is 13.1. The first-order valence-electron chi connectivity index (χ1n) is 8.28. The number of halogens is 1. The second-order valence-electron chi connectivity index (χ2n) is 5.81. The van der Waals surface area contributed by atoms with Gasteiger partial charge in [-0.15, -0.1) is 0 Å².